The topological polar surface area (TPSA) is 21.3 Å². The van der Waals surface area contributed by atoms with Gasteiger partial charge in [0.2, 0.25) is 0 Å². The van der Waals surface area contributed by atoms with Crippen LogP contribution in [0.3, 0.4) is 0 Å². The smallest absolute Gasteiger partial charge is 0.122 e. The van der Waals surface area contributed by atoms with Crippen molar-refractivity contribution in [3.63, 3.8) is 0 Å². The predicted octanol–water partition coefficient (Wildman–Crippen LogP) is 3.25. The van der Waals surface area contributed by atoms with E-state index < -0.39 is 0 Å². The molecule has 1 fully saturated rings. The maximum Gasteiger partial charge on any atom is 0.122 e. The van der Waals surface area contributed by atoms with Crippen LogP contribution in [0.15, 0.2) is 18.2 Å². The molecule has 2 heteroatoms. The number of hydrogen-bond acceptors (Lipinski definition) is 2. The van der Waals surface area contributed by atoms with E-state index in [1.54, 1.807) is 0 Å². The molecule has 0 aliphatic carbocycles. The van der Waals surface area contributed by atoms with Gasteiger partial charge in [-0.3, -0.25) is 0 Å². The Balaban J connectivity index is 2.00. The first-order valence-electron chi connectivity index (χ1n) is 6.63. The van der Waals surface area contributed by atoms with Crippen molar-refractivity contribution in [3.05, 3.63) is 29.3 Å². The molecule has 0 radical (unpaired) electrons. The lowest BCUT2D eigenvalue weighted by atomic mass is 10.0. The van der Waals surface area contributed by atoms with Crippen LogP contribution in [0, 0.1) is 6.92 Å². The maximum atomic E-state index is 5.95. The van der Waals surface area contributed by atoms with E-state index in [9.17, 15) is 0 Å². The number of aryl methyl sites for hydroxylation is 1. The van der Waals surface area contributed by atoms with E-state index in [2.05, 4.69) is 44.3 Å². The van der Waals surface area contributed by atoms with E-state index in [0.717, 1.165) is 18.9 Å². The Morgan fingerprint density at radius 3 is 2.88 bits per heavy atom. The molecule has 94 valence electrons. The molecule has 1 aromatic carbocycles. The van der Waals surface area contributed by atoms with Crippen LogP contribution in [-0.2, 0) is 0 Å². The van der Waals surface area contributed by atoms with Gasteiger partial charge in [-0.1, -0.05) is 26.0 Å². The van der Waals surface area contributed by atoms with Crippen LogP contribution in [0.5, 0.6) is 5.75 Å². The maximum absolute atomic E-state index is 5.95. The van der Waals surface area contributed by atoms with Gasteiger partial charge in [0.25, 0.3) is 0 Å². The van der Waals surface area contributed by atoms with Crippen LogP contribution in [0.2, 0.25) is 0 Å². The highest BCUT2D eigenvalue weighted by Crippen LogP contribution is 2.24. The lowest BCUT2D eigenvalue weighted by molar-refractivity contribution is 0.275. The number of rotatable bonds is 4. The van der Waals surface area contributed by atoms with E-state index in [1.165, 1.54) is 24.0 Å². The van der Waals surface area contributed by atoms with Crippen LogP contribution < -0.4 is 10.1 Å². The van der Waals surface area contributed by atoms with E-state index in [1.807, 2.05) is 0 Å². The minimum Gasteiger partial charge on any atom is -0.492 e. The van der Waals surface area contributed by atoms with Crippen molar-refractivity contribution in [1.29, 1.82) is 0 Å². The van der Waals surface area contributed by atoms with Crippen molar-refractivity contribution < 1.29 is 4.74 Å². The average Bonchev–Trinajstić information content (AvgIpc) is 2.80. The summed E-state index contributed by atoms with van der Waals surface area (Å²) in [6.45, 7) is 8.48. The molecule has 1 unspecified atom stereocenters. The minimum absolute atomic E-state index is 0.539. The number of benzene rings is 1. The largest absolute Gasteiger partial charge is 0.492 e. The van der Waals surface area contributed by atoms with Gasteiger partial charge in [-0.15, -0.1) is 0 Å². The molecule has 1 N–H and O–H groups in total. The van der Waals surface area contributed by atoms with Crippen molar-refractivity contribution in [2.45, 2.75) is 45.6 Å². The van der Waals surface area contributed by atoms with Crippen LogP contribution in [0.25, 0.3) is 0 Å². The zero-order valence-corrected chi connectivity index (χ0v) is 11.1. The summed E-state index contributed by atoms with van der Waals surface area (Å²) in [6, 6.07) is 7.08. The highest BCUT2D eigenvalue weighted by atomic mass is 16.5. The molecule has 1 aliphatic rings. The number of ether oxygens (including phenoxy) is 1. The molecule has 2 nitrogen and oxygen atoms in total. The first kappa shape index (κ1) is 12.4. The Morgan fingerprint density at radius 1 is 1.41 bits per heavy atom. The molecule has 1 atom stereocenters. The number of hydrogen-bond donors (Lipinski definition) is 1. The second kappa shape index (κ2) is 5.54. The zero-order valence-electron chi connectivity index (χ0n) is 11.1. The van der Waals surface area contributed by atoms with Gasteiger partial charge in [-0.25, -0.2) is 0 Å². The summed E-state index contributed by atoms with van der Waals surface area (Å²) in [5.41, 5.74) is 2.58. The fourth-order valence-electron chi connectivity index (χ4n) is 2.22. The highest BCUT2D eigenvalue weighted by molar-refractivity contribution is 5.37. The van der Waals surface area contributed by atoms with E-state index in [-0.39, 0.29) is 0 Å². The van der Waals surface area contributed by atoms with Crippen LogP contribution in [-0.4, -0.2) is 19.2 Å². The van der Waals surface area contributed by atoms with Gasteiger partial charge in [0.15, 0.2) is 0 Å². The molecular formula is C15H23NO. The zero-order chi connectivity index (χ0) is 12.3. The third kappa shape index (κ3) is 3.22. The van der Waals surface area contributed by atoms with Gasteiger partial charge in [0, 0.05) is 6.04 Å². The van der Waals surface area contributed by atoms with Gasteiger partial charge in [0.1, 0.15) is 12.4 Å². The number of nitrogens with one attached hydrogen (secondary N) is 1. The standard InChI is InChI=1S/C15H23NO/c1-11(2)13-7-6-12(3)15(9-13)17-10-14-5-4-8-16-14/h6-7,9,11,14,16H,4-5,8,10H2,1-3H3. The van der Waals surface area contributed by atoms with Crippen molar-refractivity contribution in [2.75, 3.05) is 13.2 Å². The molecule has 0 spiro atoms. The normalized spacial score (nSPS) is 19.9. The first-order valence-corrected chi connectivity index (χ1v) is 6.63. The highest BCUT2D eigenvalue weighted by Gasteiger charge is 2.15. The van der Waals surface area contributed by atoms with Crippen molar-refractivity contribution >= 4 is 0 Å². The fourth-order valence-corrected chi connectivity index (χ4v) is 2.22. The molecule has 2 rings (SSSR count). The molecule has 0 amide bonds. The average molecular weight is 233 g/mol. The fraction of sp³-hybridized carbons (Fsp3) is 0.600. The van der Waals surface area contributed by atoms with Gasteiger partial charge >= 0.3 is 0 Å². The van der Waals surface area contributed by atoms with Crippen LogP contribution >= 0.6 is 0 Å². The molecule has 1 aliphatic heterocycles. The predicted molar refractivity (Wildman–Crippen MR) is 71.8 cm³/mol. The summed E-state index contributed by atoms with van der Waals surface area (Å²) in [7, 11) is 0. The lowest BCUT2D eigenvalue weighted by Gasteiger charge is -2.15. The summed E-state index contributed by atoms with van der Waals surface area (Å²) in [4.78, 5) is 0. The van der Waals surface area contributed by atoms with Gasteiger partial charge in [-0.2, -0.15) is 0 Å². The quantitative estimate of drug-likeness (QED) is 0.862. The molecule has 0 bridgehead atoms. The van der Waals surface area contributed by atoms with E-state index in [4.69, 9.17) is 4.74 Å². The van der Waals surface area contributed by atoms with Gasteiger partial charge in [-0.05, 0) is 49.4 Å². The summed E-state index contributed by atoms with van der Waals surface area (Å²) in [5.74, 6) is 1.60. The third-order valence-electron chi connectivity index (χ3n) is 3.48. The summed E-state index contributed by atoms with van der Waals surface area (Å²) >= 11 is 0. The van der Waals surface area contributed by atoms with Crippen molar-refractivity contribution in [3.8, 4) is 5.75 Å². The Morgan fingerprint density at radius 2 is 2.24 bits per heavy atom. The Kier molecular flexibility index (Phi) is 4.06. The lowest BCUT2D eigenvalue weighted by Crippen LogP contribution is -2.28. The molecule has 1 heterocycles. The van der Waals surface area contributed by atoms with Crippen molar-refractivity contribution in [2.24, 2.45) is 0 Å². The molecule has 0 saturated carbocycles. The molecule has 1 saturated heterocycles. The second-order valence-corrected chi connectivity index (χ2v) is 5.28. The monoisotopic (exact) mass is 233 g/mol. The van der Waals surface area contributed by atoms with Gasteiger partial charge < -0.3 is 10.1 Å². The molecule has 17 heavy (non-hydrogen) atoms. The first-order chi connectivity index (χ1) is 8.16. The Hall–Kier alpha value is -1.02. The Labute approximate surface area is 104 Å². The second-order valence-electron chi connectivity index (χ2n) is 5.28. The third-order valence-corrected chi connectivity index (χ3v) is 3.48. The minimum atomic E-state index is 0.539. The Bertz CT molecular complexity index is 367. The summed E-state index contributed by atoms with van der Waals surface area (Å²) in [5, 5.41) is 3.46. The van der Waals surface area contributed by atoms with E-state index >= 15 is 0 Å². The SMILES string of the molecule is Cc1ccc(C(C)C)cc1OCC1CCCN1. The van der Waals surface area contributed by atoms with Crippen molar-refractivity contribution in [1.82, 2.24) is 5.32 Å². The van der Waals surface area contributed by atoms with Gasteiger partial charge in [0.05, 0.1) is 0 Å². The van der Waals surface area contributed by atoms with E-state index in [0.29, 0.717) is 12.0 Å². The molecular weight excluding hydrogens is 210 g/mol. The summed E-state index contributed by atoms with van der Waals surface area (Å²) in [6.07, 6.45) is 2.52. The van der Waals surface area contributed by atoms with Crippen LogP contribution in [0.1, 0.15) is 43.7 Å². The molecule has 1 aromatic rings. The molecule has 0 aromatic heterocycles. The summed E-state index contributed by atoms with van der Waals surface area (Å²) < 4.78 is 5.95. The van der Waals surface area contributed by atoms with Crippen LogP contribution in [0.4, 0.5) is 0 Å².